The van der Waals surface area contributed by atoms with Crippen molar-refractivity contribution in [2.24, 2.45) is 0 Å². The largest absolute Gasteiger partial charge is 0.391 e. The highest BCUT2D eigenvalue weighted by Crippen LogP contribution is 2.39. The minimum absolute atomic E-state index is 0.148. The molecule has 1 saturated heterocycles. The fourth-order valence-corrected chi connectivity index (χ4v) is 4.60. The van der Waals surface area contributed by atoms with Gasteiger partial charge in [-0.3, -0.25) is 14.0 Å². The summed E-state index contributed by atoms with van der Waals surface area (Å²) in [6.45, 7) is 13.1. The van der Waals surface area contributed by atoms with E-state index in [1.807, 2.05) is 0 Å². The molecule has 0 aliphatic carbocycles. The number of hydrogen-bond acceptors (Lipinski definition) is 4. The molecule has 5 heteroatoms. The topological polar surface area (TPSA) is 43.8 Å². The highest BCUT2D eigenvalue weighted by Gasteiger charge is 2.44. The SMILES string of the molecule is CCCCN(CC(O)CS(C)=O)C1CC(C)(C)N(C)C(C)(C)C1. The van der Waals surface area contributed by atoms with Crippen molar-refractivity contribution in [1.29, 1.82) is 0 Å². The van der Waals surface area contributed by atoms with E-state index in [4.69, 9.17) is 0 Å². The Morgan fingerprint density at radius 2 is 1.78 bits per heavy atom. The summed E-state index contributed by atoms with van der Waals surface area (Å²) in [6.07, 6.45) is 5.70. The summed E-state index contributed by atoms with van der Waals surface area (Å²) in [6, 6.07) is 0.475. The molecule has 1 aliphatic rings. The van der Waals surface area contributed by atoms with Crippen molar-refractivity contribution < 1.29 is 9.32 Å². The molecule has 0 aromatic heterocycles. The van der Waals surface area contributed by atoms with Gasteiger partial charge in [0.25, 0.3) is 0 Å². The zero-order valence-electron chi connectivity index (χ0n) is 16.3. The predicted octanol–water partition coefficient (Wildman–Crippen LogP) is 2.48. The van der Waals surface area contributed by atoms with Gasteiger partial charge in [0.05, 0.1) is 11.9 Å². The molecule has 4 nitrogen and oxygen atoms in total. The van der Waals surface area contributed by atoms with E-state index in [-0.39, 0.29) is 11.1 Å². The fraction of sp³-hybridized carbons (Fsp3) is 1.00. The van der Waals surface area contributed by atoms with Crippen LogP contribution in [-0.2, 0) is 10.8 Å². The number of unbranched alkanes of at least 4 members (excludes halogenated alkanes) is 1. The Bertz CT molecular complexity index is 380. The standard InChI is InChI=1S/C18H38N2O2S/c1-8-9-10-20(13-16(21)14-23(7)22)15-11-17(2,3)19(6)18(4,5)12-15/h15-16,21H,8-14H2,1-7H3. The summed E-state index contributed by atoms with van der Waals surface area (Å²) in [5.41, 5.74) is 0.296. The first kappa shape index (κ1) is 21.1. The second kappa shape index (κ2) is 8.41. The van der Waals surface area contributed by atoms with Crippen LogP contribution >= 0.6 is 0 Å². The van der Waals surface area contributed by atoms with Crippen LogP contribution in [0.5, 0.6) is 0 Å². The number of likely N-dealkylation sites (tertiary alicyclic amines) is 1. The molecular formula is C18H38N2O2S. The van der Waals surface area contributed by atoms with E-state index in [1.54, 1.807) is 6.26 Å². The zero-order valence-corrected chi connectivity index (χ0v) is 17.1. The van der Waals surface area contributed by atoms with Crippen LogP contribution in [-0.4, -0.2) is 74.5 Å². The zero-order chi connectivity index (χ0) is 17.8. The second-order valence-electron chi connectivity index (χ2n) is 8.49. The summed E-state index contributed by atoms with van der Waals surface area (Å²) in [7, 11) is 1.28. The average molecular weight is 347 g/mol. The van der Waals surface area contributed by atoms with Crippen molar-refractivity contribution in [3.05, 3.63) is 0 Å². The summed E-state index contributed by atoms with van der Waals surface area (Å²) in [5.74, 6) is 0.377. The van der Waals surface area contributed by atoms with E-state index >= 15 is 0 Å². The van der Waals surface area contributed by atoms with Crippen molar-refractivity contribution in [2.45, 2.75) is 83.5 Å². The maximum absolute atomic E-state index is 11.4. The Hall–Kier alpha value is 0.0300. The molecule has 1 fully saturated rings. The molecule has 0 bridgehead atoms. The van der Waals surface area contributed by atoms with Gasteiger partial charge in [-0.2, -0.15) is 0 Å². The van der Waals surface area contributed by atoms with Crippen molar-refractivity contribution >= 4 is 10.8 Å². The highest BCUT2D eigenvalue weighted by molar-refractivity contribution is 7.84. The summed E-state index contributed by atoms with van der Waals surface area (Å²) >= 11 is 0. The van der Waals surface area contributed by atoms with E-state index < -0.39 is 16.9 Å². The van der Waals surface area contributed by atoms with Gasteiger partial charge in [0.2, 0.25) is 0 Å². The molecule has 0 amide bonds. The summed E-state index contributed by atoms with van der Waals surface area (Å²) < 4.78 is 11.4. The van der Waals surface area contributed by atoms with Crippen LogP contribution in [0.4, 0.5) is 0 Å². The first-order valence-corrected chi connectivity index (χ1v) is 10.7. The molecule has 0 spiro atoms. The van der Waals surface area contributed by atoms with Crippen molar-refractivity contribution in [3.63, 3.8) is 0 Å². The van der Waals surface area contributed by atoms with E-state index in [1.165, 1.54) is 0 Å². The fourth-order valence-electron chi connectivity index (χ4n) is 3.96. The van der Waals surface area contributed by atoms with Gasteiger partial charge in [0, 0.05) is 40.7 Å². The molecular weight excluding hydrogens is 308 g/mol. The normalized spacial score (nSPS) is 24.7. The monoisotopic (exact) mass is 346 g/mol. The molecule has 138 valence electrons. The highest BCUT2D eigenvalue weighted by atomic mass is 32.2. The Kier molecular flexibility index (Phi) is 7.71. The third kappa shape index (κ3) is 6.11. The first-order valence-electron chi connectivity index (χ1n) is 8.95. The lowest BCUT2D eigenvalue weighted by Crippen LogP contribution is -2.63. The quantitative estimate of drug-likeness (QED) is 0.733. The number of aliphatic hydroxyl groups is 1. The van der Waals surface area contributed by atoms with Gasteiger partial charge in [0.1, 0.15) is 0 Å². The molecule has 2 atom stereocenters. The van der Waals surface area contributed by atoms with E-state index in [2.05, 4.69) is 51.5 Å². The molecule has 1 aliphatic heterocycles. The minimum Gasteiger partial charge on any atom is -0.391 e. The van der Waals surface area contributed by atoms with E-state index in [9.17, 15) is 9.32 Å². The van der Waals surface area contributed by atoms with Crippen molar-refractivity contribution in [1.82, 2.24) is 9.80 Å². The van der Waals surface area contributed by atoms with Gasteiger partial charge in [-0.15, -0.1) is 0 Å². The minimum atomic E-state index is -0.944. The van der Waals surface area contributed by atoms with Crippen LogP contribution in [0.3, 0.4) is 0 Å². The second-order valence-corrected chi connectivity index (χ2v) is 9.97. The average Bonchev–Trinajstić information content (AvgIpc) is 2.39. The van der Waals surface area contributed by atoms with Gasteiger partial charge >= 0.3 is 0 Å². The summed E-state index contributed by atoms with van der Waals surface area (Å²) in [5, 5.41) is 10.3. The van der Waals surface area contributed by atoms with Crippen LogP contribution < -0.4 is 0 Å². The molecule has 23 heavy (non-hydrogen) atoms. The molecule has 0 saturated carbocycles. The maximum atomic E-state index is 11.4. The number of aliphatic hydroxyl groups excluding tert-OH is 1. The third-order valence-corrected chi connectivity index (χ3v) is 6.33. The number of piperidine rings is 1. The smallest absolute Gasteiger partial charge is 0.0782 e. The third-order valence-electron chi connectivity index (χ3n) is 5.47. The van der Waals surface area contributed by atoms with E-state index in [0.717, 1.165) is 32.2 Å². The molecule has 0 radical (unpaired) electrons. The van der Waals surface area contributed by atoms with Gasteiger partial charge in [-0.05, 0) is 60.5 Å². The van der Waals surface area contributed by atoms with Gasteiger partial charge in [0.15, 0.2) is 0 Å². The number of nitrogens with zero attached hydrogens (tertiary/aromatic N) is 2. The lowest BCUT2D eigenvalue weighted by molar-refractivity contribution is -0.0538. The molecule has 1 rings (SSSR count). The molecule has 1 N–H and O–H groups in total. The van der Waals surface area contributed by atoms with Crippen LogP contribution in [0.1, 0.15) is 60.3 Å². The maximum Gasteiger partial charge on any atom is 0.0782 e. The molecule has 2 unspecified atom stereocenters. The Morgan fingerprint density at radius 3 is 2.22 bits per heavy atom. The van der Waals surface area contributed by atoms with Crippen molar-refractivity contribution in [3.8, 4) is 0 Å². The predicted molar refractivity (Wildman–Crippen MR) is 100 cm³/mol. The number of hydrogen-bond donors (Lipinski definition) is 1. The van der Waals surface area contributed by atoms with Gasteiger partial charge < -0.3 is 5.11 Å². The van der Waals surface area contributed by atoms with Crippen LogP contribution in [0, 0.1) is 0 Å². The Morgan fingerprint density at radius 1 is 1.26 bits per heavy atom. The molecule has 0 aromatic carbocycles. The first-order chi connectivity index (χ1) is 10.5. The van der Waals surface area contributed by atoms with Crippen molar-refractivity contribution in [2.75, 3.05) is 32.1 Å². The van der Waals surface area contributed by atoms with E-state index in [0.29, 0.717) is 18.3 Å². The summed E-state index contributed by atoms with van der Waals surface area (Å²) in [4.78, 5) is 4.95. The lowest BCUT2D eigenvalue weighted by atomic mass is 9.77. The number of rotatable bonds is 8. The Labute approximate surface area is 146 Å². The molecule has 0 aromatic rings. The Balaban J connectivity index is 2.86. The lowest BCUT2D eigenvalue weighted by Gasteiger charge is -2.56. The van der Waals surface area contributed by atoms with Crippen LogP contribution in [0.15, 0.2) is 0 Å². The molecule has 1 heterocycles. The van der Waals surface area contributed by atoms with Crippen LogP contribution in [0.2, 0.25) is 0 Å². The van der Waals surface area contributed by atoms with Gasteiger partial charge in [-0.1, -0.05) is 13.3 Å². The van der Waals surface area contributed by atoms with Gasteiger partial charge in [-0.25, -0.2) is 0 Å². The van der Waals surface area contributed by atoms with Crippen LogP contribution in [0.25, 0.3) is 0 Å².